The molecule has 1 N–H and O–H groups in total. The van der Waals surface area contributed by atoms with Crippen molar-refractivity contribution in [3.8, 4) is 11.5 Å². The smallest absolute Gasteiger partial charge is 0.412 e. The molecule has 0 spiro atoms. The van der Waals surface area contributed by atoms with Crippen LogP contribution >= 0.6 is 0 Å². The molecule has 17 heteroatoms. The van der Waals surface area contributed by atoms with Crippen LogP contribution in [-0.4, -0.2) is 56.9 Å². The van der Waals surface area contributed by atoms with Crippen LogP contribution in [0.25, 0.3) is 17.0 Å². The van der Waals surface area contributed by atoms with Crippen molar-refractivity contribution < 1.29 is 35.6 Å². The Kier molecular flexibility index (Phi) is 5.08. The van der Waals surface area contributed by atoms with Crippen LogP contribution < -0.4 is 0 Å². The first-order valence-corrected chi connectivity index (χ1v) is 10.8. The van der Waals surface area contributed by atoms with E-state index < -0.39 is 35.9 Å². The predicted molar refractivity (Wildman–Crippen MR) is 112 cm³/mol. The molecule has 1 atom stereocenters. The van der Waals surface area contributed by atoms with E-state index in [9.17, 15) is 31.1 Å². The average Bonchev–Trinajstić information content (AvgIpc) is 3.65. The van der Waals surface area contributed by atoms with Crippen LogP contribution in [0.1, 0.15) is 39.4 Å². The SMILES string of the molecule is O=C(c1nnc(-c2cnn(C(F)(F)F)c2)o1)N1CCc2[nH]cnc2[C@H]1c1cc2c(C(F)(F)F)cccn2n1. The maximum Gasteiger partial charge on any atom is 0.504 e. The van der Waals surface area contributed by atoms with Gasteiger partial charge in [0.2, 0.25) is 0 Å². The third-order valence-electron chi connectivity index (χ3n) is 5.99. The molecule has 0 saturated carbocycles. The number of hydrogen-bond acceptors (Lipinski definition) is 7. The summed E-state index contributed by atoms with van der Waals surface area (Å²) in [5.41, 5.74) is -0.152. The van der Waals surface area contributed by atoms with Crippen molar-refractivity contribution in [3.05, 3.63) is 71.7 Å². The Morgan fingerprint density at radius 3 is 2.71 bits per heavy atom. The quantitative estimate of drug-likeness (QED) is 0.349. The Morgan fingerprint density at radius 1 is 1.16 bits per heavy atom. The van der Waals surface area contributed by atoms with Gasteiger partial charge in [-0.05, 0) is 18.2 Å². The number of fused-ring (bicyclic) bond motifs is 2. The topological polar surface area (TPSA) is 123 Å². The summed E-state index contributed by atoms with van der Waals surface area (Å²) in [7, 11) is 0. The summed E-state index contributed by atoms with van der Waals surface area (Å²) in [5.74, 6) is -1.72. The zero-order valence-corrected chi connectivity index (χ0v) is 18.7. The van der Waals surface area contributed by atoms with E-state index in [4.69, 9.17) is 4.42 Å². The molecule has 6 rings (SSSR count). The maximum atomic E-state index is 13.6. The van der Waals surface area contributed by atoms with Crippen molar-refractivity contribution in [1.82, 2.24) is 44.5 Å². The number of amides is 1. The molecule has 0 aliphatic carbocycles. The van der Waals surface area contributed by atoms with Gasteiger partial charge in [-0.1, -0.05) is 0 Å². The van der Waals surface area contributed by atoms with Gasteiger partial charge in [0.15, 0.2) is 0 Å². The number of halogens is 6. The summed E-state index contributed by atoms with van der Waals surface area (Å²) in [6.07, 6.45) is -4.86. The van der Waals surface area contributed by atoms with Crippen LogP contribution in [0.5, 0.6) is 0 Å². The number of rotatable bonds is 3. The molecule has 5 aromatic rings. The highest BCUT2D eigenvalue weighted by molar-refractivity contribution is 5.90. The van der Waals surface area contributed by atoms with Gasteiger partial charge in [0, 0.05) is 31.1 Å². The van der Waals surface area contributed by atoms with Gasteiger partial charge in [0.1, 0.15) is 6.04 Å². The number of imidazole rings is 1. The first-order valence-electron chi connectivity index (χ1n) is 10.8. The fourth-order valence-corrected chi connectivity index (χ4v) is 4.32. The van der Waals surface area contributed by atoms with Gasteiger partial charge < -0.3 is 14.3 Å². The Hall–Kier alpha value is -4.70. The second-order valence-electron chi connectivity index (χ2n) is 8.29. The first kappa shape index (κ1) is 23.7. The summed E-state index contributed by atoms with van der Waals surface area (Å²) in [5, 5.41) is 14.8. The van der Waals surface area contributed by atoms with Crippen LogP contribution in [-0.2, 0) is 18.9 Å². The monoisotopic (exact) mass is 537 g/mol. The van der Waals surface area contributed by atoms with Crippen LogP contribution in [0, 0.1) is 0 Å². The van der Waals surface area contributed by atoms with Crippen molar-refractivity contribution in [2.45, 2.75) is 24.9 Å². The lowest BCUT2D eigenvalue weighted by Crippen LogP contribution is -2.41. The molecule has 0 fully saturated rings. The highest BCUT2D eigenvalue weighted by Gasteiger charge is 2.40. The lowest BCUT2D eigenvalue weighted by Gasteiger charge is -2.32. The van der Waals surface area contributed by atoms with Gasteiger partial charge in [-0.25, -0.2) is 9.50 Å². The molecule has 0 bridgehead atoms. The summed E-state index contributed by atoms with van der Waals surface area (Å²) in [6, 6.07) is 2.34. The van der Waals surface area contributed by atoms with Gasteiger partial charge in [-0.3, -0.25) is 4.79 Å². The number of nitrogens with zero attached hydrogens (tertiary/aromatic N) is 8. The fraction of sp³-hybridized carbons (Fsp3) is 0.238. The van der Waals surface area contributed by atoms with Crippen molar-refractivity contribution >= 4 is 11.4 Å². The minimum Gasteiger partial charge on any atom is -0.412 e. The molecule has 38 heavy (non-hydrogen) atoms. The molecule has 11 nitrogen and oxygen atoms in total. The molecule has 0 unspecified atom stereocenters. The fourth-order valence-electron chi connectivity index (χ4n) is 4.32. The molecule has 0 saturated heterocycles. The molecular weight excluding hydrogens is 524 g/mol. The number of carbonyl (C=O) groups is 1. The number of aromatic amines is 1. The average molecular weight is 537 g/mol. The largest absolute Gasteiger partial charge is 0.504 e. The van der Waals surface area contributed by atoms with E-state index in [1.54, 1.807) is 0 Å². The lowest BCUT2D eigenvalue weighted by atomic mass is 9.99. The minimum atomic E-state index is -4.76. The zero-order valence-electron chi connectivity index (χ0n) is 18.7. The Balaban J connectivity index is 1.38. The van der Waals surface area contributed by atoms with E-state index in [0.717, 1.165) is 16.8 Å². The maximum absolute atomic E-state index is 13.6. The molecule has 1 aliphatic heterocycles. The van der Waals surface area contributed by atoms with Gasteiger partial charge >= 0.3 is 24.3 Å². The van der Waals surface area contributed by atoms with E-state index in [0.29, 0.717) is 24.0 Å². The molecular formula is C21H13F6N9O2. The molecule has 1 aliphatic rings. The number of pyridine rings is 1. The number of carbonyl (C=O) groups excluding carboxylic acids is 1. The van der Waals surface area contributed by atoms with Crippen LogP contribution in [0.4, 0.5) is 26.3 Å². The highest BCUT2D eigenvalue weighted by Crippen LogP contribution is 2.37. The van der Waals surface area contributed by atoms with E-state index in [-0.39, 0.29) is 33.9 Å². The number of H-pyrrole nitrogens is 1. The lowest BCUT2D eigenvalue weighted by molar-refractivity contribution is -0.212. The normalized spacial score (nSPS) is 16.3. The summed E-state index contributed by atoms with van der Waals surface area (Å²) >= 11 is 0. The highest BCUT2D eigenvalue weighted by atomic mass is 19.4. The van der Waals surface area contributed by atoms with Gasteiger partial charge in [0.25, 0.3) is 5.89 Å². The molecule has 196 valence electrons. The van der Waals surface area contributed by atoms with Crippen molar-refractivity contribution in [2.24, 2.45) is 0 Å². The molecule has 6 heterocycles. The summed E-state index contributed by atoms with van der Waals surface area (Å²) in [4.78, 5) is 21.9. The van der Waals surface area contributed by atoms with Crippen LogP contribution in [0.2, 0.25) is 0 Å². The van der Waals surface area contributed by atoms with Crippen molar-refractivity contribution in [1.29, 1.82) is 0 Å². The van der Waals surface area contributed by atoms with Crippen LogP contribution in [0.3, 0.4) is 0 Å². The van der Waals surface area contributed by atoms with E-state index >= 15 is 0 Å². The third-order valence-corrected chi connectivity index (χ3v) is 5.99. The summed E-state index contributed by atoms with van der Waals surface area (Å²) < 4.78 is 85.4. The predicted octanol–water partition coefficient (Wildman–Crippen LogP) is 3.59. The van der Waals surface area contributed by atoms with Crippen molar-refractivity contribution in [3.63, 3.8) is 0 Å². The van der Waals surface area contributed by atoms with E-state index in [1.165, 1.54) is 29.6 Å². The molecule has 5 aromatic heterocycles. The van der Waals surface area contributed by atoms with Gasteiger partial charge in [-0.15, -0.1) is 23.4 Å². The van der Waals surface area contributed by atoms with Gasteiger partial charge in [0.05, 0.1) is 40.6 Å². The summed E-state index contributed by atoms with van der Waals surface area (Å²) in [6.45, 7) is 0.0857. The molecule has 0 radical (unpaired) electrons. The number of hydrogen-bond donors (Lipinski definition) is 1. The number of nitrogens with one attached hydrogen (secondary N) is 1. The third kappa shape index (κ3) is 3.86. The molecule has 1 amide bonds. The zero-order chi connectivity index (χ0) is 26.8. The Morgan fingerprint density at radius 2 is 1.97 bits per heavy atom. The second-order valence-corrected chi connectivity index (χ2v) is 8.29. The number of aromatic nitrogens is 8. The molecule has 0 aromatic carbocycles. The van der Waals surface area contributed by atoms with Crippen molar-refractivity contribution in [2.75, 3.05) is 6.54 Å². The second kappa shape index (κ2) is 8.15. The van der Waals surface area contributed by atoms with E-state index in [1.807, 2.05) is 0 Å². The van der Waals surface area contributed by atoms with E-state index in [2.05, 4.69) is 30.4 Å². The first-order chi connectivity index (χ1) is 18.0. The van der Waals surface area contributed by atoms with Crippen LogP contribution in [0.15, 0.2) is 47.5 Å². The number of alkyl halides is 6. The Labute approximate surface area is 206 Å². The minimum absolute atomic E-state index is 0.0857. The standard InChI is InChI=1S/C21H13F6N9O2/c22-20(23,24)11-2-1-4-35-14(11)6-13(33-35)16-15-12(28-9-29-15)3-5-34(16)19(37)18-32-31-17(38-18)10-7-30-36(8-10)21(25,26)27/h1-2,4,6-9,16H,3,5H2,(H,28,29)/t16-/m1/s1. The Bertz CT molecular complexity index is 1660. The van der Waals surface area contributed by atoms with Gasteiger partial charge in [-0.2, -0.15) is 28.1 Å².